The van der Waals surface area contributed by atoms with Gasteiger partial charge in [-0.25, -0.2) is 4.98 Å². The molecule has 1 aromatic heterocycles. The molecule has 7 heteroatoms. The topological polar surface area (TPSA) is 63.6 Å². The van der Waals surface area contributed by atoms with Gasteiger partial charge in [-0.1, -0.05) is 41.9 Å². The van der Waals surface area contributed by atoms with Gasteiger partial charge in [-0.15, -0.1) is 0 Å². The van der Waals surface area contributed by atoms with Gasteiger partial charge in [0.15, 0.2) is 0 Å². The monoisotopic (exact) mass is 407 g/mol. The zero-order valence-electron chi connectivity index (χ0n) is 12.7. The van der Waals surface area contributed by atoms with Crippen LogP contribution in [0.15, 0.2) is 52.1 Å². The Morgan fingerprint density at radius 2 is 2.08 bits per heavy atom. The first-order valence-electron chi connectivity index (χ1n) is 7.43. The molecule has 0 spiro atoms. The number of halogens is 2. The van der Waals surface area contributed by atoms with Crippen LogP contribution in [0.2, 0.25) is 5.15 Å². The predicted octanol–water partition coefficient (Wildman–Crippen LogP) is 3.00. The van der Waals surface area contributed by atoms with Crippen molar-refractivity contribution in [1.82, 2.24) is 10.3 Å². The largest absolute Gasteiger partial charge is 0.374 e. The first-order valence-corrected chi connectivity index (χ1v) is 8.60. The van der Waals surface area contributed by atoms with E-state index in [0.717, 1.165) is 5.56 Å². The molecule has 0 radical (unpaired) electrons. The summed E-state index contributed by atoms with van der Waals surface area (Å²) in [6.07, 6.45) is 0. The van der Waals surface area contributed by atoms with Crippen molar-refractivity contribution < 1.29 is 9.53 Å². The van der Waals surface area contributed by atoms with Crippen molar-refractivity contribution >= 4 is 39.1 Å². The van der Waals surface area contributed by atoms with Crippen LogP contribution in [-0.2, 0) is 16.1 Å². The van der Waals surface area contributed by atoms with E-state index in [0.29, 0.717) is 40.8 Å². The SMILES string of the molecule is O=C1NCC(COCc2ccccc2)N=C1c1cc(Cl)nc(Br)c1. The normalized spacial score (nSPS) is 17.3. The number of hydrogen-bond acceptors (Lipinski definition) is 4. The van der Waals surface area contributed by atoms with E-state index in [1.807, 2.05) is 30.3 Å². The van der Waals surface area contributed by atoms with Crippen molar-refractivity contribution in [3.8, 4) is 0 Å². The average Bonchev–Trinajstić information content (AvgIpc) is 2.56. The molecule has 0 aliphatic carbocycles. The van der Waals surface area contributed by atoms with Crippen LogP contribution in [0.1, 0.15) is 11.1 Å². The van der Waals surface area contributed by atoms with Crippen LogP contribution >= 0.6 is 27.5 Å². The third kappa shape index (κ3) is 4.41. The van der Waals surface area contributed by atoms with Crippen molar-refractivity contribution in [2.45, 2.75) is 12.6 Å². The Morgan fingerprint density at radius 3 is 2.83 bits per heavy atom. The fourth-order valence-corrected chi connectivity index (χ4v) is 3.12. The number of hydrogen-bond donors (Lipinski definition) is 1. The van der Waals surface area contributed by atoms with E-state index in [9.17, 15) is 4.79 Å². The number of nitrogens with one attached hydrogen (secondary N) is 1. The van der Waals surface area contributed by atoms with Gasteiger partial charge in [0.1, 0.15) is 15.5 Å². The standard InChI is InChI=1S/C17H15BrClN3O2/c18-14-6-12(7-15(19)22-14)16-17(23)20-8-13(21-16)10-24-9-11-4-2-1-3-5-11/h1-7,13H,8-10H2,(H,20,23). The van der Waals surface area contributed by atoms with Crippen LogP contribution in [0.3, 0.4) is 0 Å². The number of benzene rings is 1. The second-order valence-corrected chi connectivity index (χ2v) is 6.54. The molecular formula is C17H15BrClN3O2. The number of ether oxygens (including phenoxy) is 1. The summed E-state index contributed by atoms with van der Waals surface area (Å²) in [6, 6.07) is 13.1. The van der Waals surface area contributed by atoms with Crippen molar-refractivity contribution in [1.29, 1.82) is 0 Å². The predicted molar refractivity (Wildman–Crippen MR) is 96.4 cm³/mol. The second kappa shape index (κ2) is 7.88. The van der Waals surface area contributed by atoms with E-state index >= 15 is 0 Å². The maximum Gasteiger partial charge on any atom is 0.270 e. The number of carbonyl (C=O) groups is 1. The maximum atomic E-state index is 12.1. The van der Waals surface area contributed by atoms with E-state index in [2.05, 4.69) is 31.2 Å². The van der Waals surface area contributed by atoms with E-state index in [1.165, 1.54) is 0 Å². The smallest absolute Gasteiger partial charge is 0.270 e. The summed E-state index contributed by atoms with van der Waals surface area (Å²) < 4.78 is 6.28. The fraction of sp³-hybridized carbons (Fsp3) is 0.235. The Kier molecular flexibility index (Phi) is 5.60. The number of aliphatic imine (C=N–C) groups is 1. The zero-order valence-corrected chi connectivity index (χ0v) is 15.0. The van der Waals surface area contributed by atoms with Crippen LogP contribution in [0, 0.1) is 0 Å². The van der Waals surface area contributed by atoms with Crippen LogP contribution in [0.25, 0.3) is 0 Å². The molecular weight excluding hydrogens is 394 g/mol. The minimum Gasteiger partial charge on any atom is -0.374 e. The first kappa shape index (κ1) is 17.1. The molecule has 1 amide bonds. The number of rotatable bonds is 5. The quantitative estimate of drug-likeness (QED) is 0.774. The van der Waals surface area contributed by atoms with Gasteiger partial charge in [0, 0.05) is 12.1 Å². The van der Waals surface area contributed by atoms with Crippen molar-refractivity contribution in [3.63, 3.8) is 0 Å². The fourth-order valence-electron chi connectivity index (χ4n) is 2.37. The van der Waals surface area contributed by atoms with Crippen LogP contribution in [-0.4, -0.2) is 35.8 Å². The van der Waals surface area contributed by atoms with Crippen molar-refractivity contribution in [2.24, 2.45) is 4.99 Å². The van der Waals surface area contributed by atoms with E-state index in [1.54, 1.807) is 12.1 Å². The summed E-state index contributed by atoms with van der Waals surface area (Å²) in [6.45, 7) is 1.40. The second-order valence-electron chi connectivity index (χ2n) is 5.34. The van der Waals surface area contributed by atoms with Gasteiger partial charge in [0.25, 0.3) is 5.91 Å². The maximum absolute atomic E-state index is 12.1. The van der Waals surface area contributed by atoms with Crippen LogP contribution in [0.4, 0.5) is 0 Å². The lowest BCUT2D eigenvalue weighted by Crippen LogP contribution is -2.44. The van der Waals surface area contributed by atoms with Crippen molar-refractivity contribution in [2.75, 3.05) is 13.2 Å². The number of nitrogens with zero attached hydrogens (tertiary/aromatic N) is 2. The number of pyridine rings is 1. The van der Waals surface area contributed by atoms with Gasteiger partial charge >= 0.3 is 0 Å². The molecule has 1 aromatic carbocycles. The van der Waals surface area contributed by atoms with E-state index in [4.69, 9.17) is 16.3 Å². The molecule has 124 valence electrons. The summed E-state index contributed by atoms with van der Waals surface area (Å²) in [4.78, 5) is 20.6. The minimum absolute atomic E-state index is 0.132. The van der Waals surface area contributed by atoms with Gasteiger partial charge in [0.2, 0.25) is 0 Å². The highest BCUT2D eigenvalue weighted by molar-refractivity contribution is 9.10. The third-order valence-electron chi connectivity index (χ3n) is 3.48. The molecule has 2 aromatic rings. The van der Waals surface area contributed by atoms with Gasteiger partial charge in [-0.3, -0.25) is 9.79 Å². The Balaban J connectivity index is 1.69. The highest BCUT2D eigenvalue weighted by Gasteiger charge is 2.23. The molecule has 0 saturated carbocycles. The Hall–Kier alpha value is -1.76. The molecule has 24 heavy (non-hydrogen) atoms. The molecule has 0 saturated heterocycles. The molecule has 3 rings (SSSR count). The number of aromatic nitrogens is 1. The molecule has 2 heterocycles. The zero-order chi connectivity index (χ0) is 16.9. The lowest BCUT2D eigenvalue weighted by atomic mass is 10.1. The molecule has 1 atom stereocenters. The molecule has 1 aliphatic heterocycles. The summed E-state index contributed by atoms with van der Waals surface area (Å²) in [5.41, 5.74) is 2.08. The summed E-state index contributed by atoms with van der Waals surface area (Å²) in [5, 5.41) is 3.14. The van der Waals surface area contributed by atoms with Gasteiger partial charge in [0.05, 0.1) is 19.3 Å². The molecule has 1 N–H and O–H groups in total. The lowest BCUT2D eigenvalue weighted by Gasteiger charge is -2.21. The van der Waals surface area contributed by atoms with Gasteiger partial charge < -0.3 is 10.1 Å². The van der Waals surface area contributed by atoms with Crippen LogP contribution in [0.5, 0.6) is 0 Å². The average molecular weight is 409 g/mol. The van der Waals surface area contributed by atoms with E-state index < -0.39 is 0 Å². The third-order valence-corrected chi connectivity index (χ3v) is 4.08. The van der Waals surface area contributed by atoms with E-state index in [-0.39, 0.29) is 11.9 Å². The molecule has 5 nitrogen and oxygen atoms in total. The molecule has 0 bridgehead atoms. The van der Waals surface area contributed by atoms with Crippen LogP contribution < -0.4 is 5.32 Å². The highest BCUT2D eigenvalue weighted by Crippen LogP contribution is 2.17. The summed E-state index contributed by atoms with van der Waals surface area (Å²) >= 11 is 9.23. The Labute approximate surface area is 153 Å². The number of amides is 1. The lowest BCUT2D eigenvalue weighted by molar-refractivity contribution is -0.115. The molecule has 0 fully saturated rings. The summed E-state index contributed by atoms with van der Waals surface area (Å²) in [7, 11) is 0. The Bertz CT molecular complexity index is 747. The number of carbonyl (C=O) groups excluding carboxylic acids is 1. The highest BCUT2D eigenvalue weighted by atomic mass is 79.9. The summed E-state index contributed by atoms with van der Waals surface area (Å²) in [5.74, 6) is -0.219. The van der Waals surface area contributed by atoms with Gasteiger partial charge in [-0.2, -0.15) is 0 Å². The van der Waals surface area contributed by atoms with Gasteiger partial charge in [-0.05, 0) is 33.6 Å². The minimum atomic E-state index is -0.219. The first-order chi connectivity index (χ1) is 11.6. The Morgan fingerprint density at radius 1 is 1.29 bits per heavy atom. The molecule has 1 unspecified atom stereocenters. The van der Waals surface area contributed by atoms with Crippen molar-refractivity contribution in [3.05, 3.63) is 63.3 Å². The molecule has 1 aliphatic rings.